The quantitative estimate of drug-likeness (QED) is 0.746. The summed E-state index contributed by atoms with van der Waals surface area (Å²) in [5, 5.41) is 0. The van der Waals surface area contributed by atoms with Crippen LogP contribution >= 0.6 is 11.8 Å². The normalized spacial score (nSPS) is 11.5. The minimum absolute atomic E-state index is 0.0104. The van der Waals surface area contributed by atoms with Crippen molar-refractivity contribution in [2.75, 3.05) is 0 Å². The fourth-order valence-corrected chi connectivity index (χ4v) is 2.80. The highest BCUT2D eigenvalue weighted by atomic mass is 32.2. The summed E-state index contributed by atoms with van der Waals surface area (Å²) in [7, 11) is 0. The predicted molar refractivity (Wildman–Crippen MR) is 77.2 cm³/mol. The lowest BCUT2D eigenvalue weighted by molar-refractivity contribution is 0.625. The van der Waals surface area contributed by atoms with Crippen LogP contribution in [0.15, 0.2) is 54.6 Å². The summed E-state index contributed by atoms with van der Waals surface area (Å²) in [5.41, 5.74) is 2.47. The third kappa shape index (κ3) is 3.36. The molecule has 0 unspecified atom stereocenters. The fourth-order valence-electron chi connectivity index (χ4n) is 1.77. The molecule has 0 spiro atoms. The van der Waals surface area contributed by atoms with Gasteiger partial charge in [0.15, 0.2) is 0 Å². The second kappa shape index (κ2) is 5.57. The molecule has 2 aromatic carbocycles. The first kappa shape index (κ1) is 13.2. The molecule has 0 aliphatic rings. The van der Waals surface area contributed by atoms with Crippen molar-refractivity contribution in [3.63, 3.8) is 0 Å². The van der Waals surface area contributed by atoms with Crippen LogP contribution in [0, 0.1) is 5.82 Å². The summed E-state index contributed by atoms with van der Waals surface area (Å²) >= 11 is 1.87. The SMILES string of the molecule is CC(C)(SCc1ccccc1)c1ccc(F)cc1. The summed E-state index contributed by atoms with van der Waals surface area (Å²) in [4.78, 5) is 0. The van der Waals surface area contributed by atoms with Crippen molar-refractivity contribution >= 4 is 11.8 Å². The molecule has 0 bridgehead atoms. The van der Waals surface area contributed by atoms with Crippen LogP contribution in [0.3, 0.4) is 0 Å². The van der Waals surface area contributed by atoms with Gasteiger partial charge in [0.2, 0.25) is 0 Å². The van der Waals surface area contributed by atoms with Crippen molar-refractivity contribution in [2.45, 2.75) is 24.3 Å². The van der Waals surface area contributed by atoms with Gasteiger partial charge >= 0.3 is 0 Å². The Hall–Kier alpha value is -1.28. The molecule has 0 atom stereocenters. The van der Waals surface area contributed by atoms with Gasteiger partial charge in [-0.15, -0.1) is 11.8 Å². The third-order valence-corrected chi connectivity index (χ3v) is 4.42. The minimum atomic E-state index is -0.178. The van der Waals surface area contributed by atoms with Gasteiger partial charge in [-0.1, -0.05) is 42.5 Å². The molecule has 0 saturated carbocycles. The summed E-state index contributed by atoms with van der Waals surface area (Å²) in [5.74, 6) is 0.785. The van der Waals surface area contributed by atoms with E-state index in [4.69, 9.17) is 0 Å². The molecule has 0 saturated heterocycles. The third-order valence-electron chi connectivity index (χ3n) is 2.98. The predicted octanol–water partition coefficient (Wildman–Crippen LogP) is 4.99. The number of rotatable bonds is 4. The van der Waals surface area contributed by atoms with Gasteiger partial charge in [0.25, 0.3) is 0 Å². The Bertz CT molecular complexity index is 488. The molecule has 0 fully saturated rings. The van der Waals surface area contributed by atoms with Gasteiger partial charge in [-0.2, -0.15) is 0 Å². The van der Waals surface area contributed by atoms with Gasteiger partial charge in [0, 0.05) is 10.5 Å². The summed E-state index contributed by atoms with van der Waals surface area (Å²) < 4.78 is 12.9. The number of halogens is 1. The van der Waals surface area contributed by atoms with Crippen molar-refractivity contribution < 1.29 is 4.39 Å². The van der Waals surface area contributed by atoms with E-state index >= 15 is 0 Å². The van der Waals surface area contributed by atoms with Crippen LogP contribution in [0.5, 0.6) is 0 Å². The smallest absolute Gasteiger partial charge is 0.123 e. The van der Waals surface area contributed by atoms with Gasteiger partial charge in [-0.25, -0.2) is 4.39 Å². The number of thioether (sulfide) groups is 1. The second-order valence-electron chi connectivity index (χ2n) is 4.79. The van der Waals surface area contributed by atoms with E-state index in [9.17, 15) is 4.39 Å². The van der Waals surface area contributed by atoms with Gasteiger partial charge < -0.3 is 0 Å². The van der Waals surface area contributed by atoms with Crippen molar-refractivity contribution in [1.29, 1.82) is 0 Å². The first-order valence-corrected chi connectivity index (χ1v) is 7.00. The monoisotopic (exact) mass is 260 g/mol. The van der Waals surface area contributed by atoms with Gasteiger partial charge in [0.05, 0.1) is 0 Å². The van der Waals surface area contributed by atoms with Gasteiger partial charge in [-0.05, 0) is 37.1 Å². The topological polar surface area (TPSA) is 0 Å². The van der Waals surface area contributed by atoms with Crippen molar-refractivity contribution in [3.05, 3.63) is 71.5 Å². The average Bonchev–Trinajstić information content (AvgIpc) is 2.38. The van der Waals surface area contributed by atoms with E-state index in [0.717, 1.165) is 11.3 Å². The largest absolute Gasteiger partial charge is 0.207 e. The van der Waals surface area contributed by atoms with Crippen molar-refractivity contribution in [3.8, 4) is 0 Å². The van der Waals surface area contributed by atoms with Gasteiger partial charge in [-0.3, -0.25) is 0 Å². The Kier molecular flexibility index (Phi) is 4.07. The molecule has 0 aromatic heterocycles. The molecular weight excluding hydrogens is 243 g/mol. The first-order valence-electron chi connectivity index (χ1n) is 6.02. The van der Waals surface area contributed by atoms with Crippen LogP contribution in [-0.4, -0.2) is 0 Å². The molecule has 0 amide bonds. The number of hydrogen-bond donors (Lipinski definition) is 0. The van der Waals surface area contributed by atoms with E-state index in [0.29, 0.717) is 0 Å². The van der Waals surface area contributed by atoms with E-state index in [1.165, 1.54) is 17.7 Å². The average molecular weight is 260 g/mol. The lowest BCUT2D eigenvalue weighted by Crippen LogP contribution is -2.12. The molecule has 0 N–H and O–H groups in total. The van der Waals surface area contributed by atoms with E-state index in [2.05, 4.69) is 38.1 Å². The Morgan fingerprint density at radius 1 is 0.944 bits per heavy atom. The standard InChI is InChI=1S/C16H17FS/c1-16(2,14-8-10-15(17)11-9-14)18-12-13-6-4-3-5-7-13/h3-11H,12H2,1-2H3. The van der Waals surface area contributed by atoms with E-state index in [1.807, 2.05) is 30.0 Å². The van der Waals surface area contributed by atoms with E-state index in [-0.39, 0.29) is 10.6 Å². The van der Waals surface area contributed by atoms with Crippen LogP contribution in [0.25, 0.3) is 0 Å². The van der Waals surface area contributed by atoms with Crippen LogP contribution in [-0.2, 0) is 10.5 Å². The summed E-state index contributed by atoms with van der Waals surface area (Å²) in [6.07, 6.45) is 0. The Labute approximate surface area is 112 Å². The van der Waals surface area contributed by atoms with E-state index < -0.39 is 0 Å². The lowest BCUT2D eigenvalue weighted by atomic mass is 10.0. The maximum absolute atomic E-state index is 12.9. The van der Waals surface area contributed by atoms with Crippen LogP contribution in [0.4, 0.5) is 4.39 Å². The highest BCUT2D eigenvalue weighted by Crippen LogP contribution is 2.37. The van der Waals surface area contributed by atoms with Crippen LogP contribution in [0.1, 0.15) is 25.0 Å². The maximum Gasteiger partial charge on any atom is 0.123 e. The molecule has 2 aromatic rings. The molecule has 2 rings (SSSR count). The second-order valence-corrected chi connectivity index (χ2v) is 6.39. The molecule has 94 valence electrons. The highest BCUT2D eigenvalue weighted by molar-refractivity contribution is 7.99. The van der Waals surface area contributed by atoms with Crippen LogP contribution < -0.4 is 0 Å². The fraction of sp³-hybridized carbons (Fsp3) is 0.250. The molecule has 0 aliphatic carbocycles. The molecule has 0 heterocycles. The Morgan fingerprint density at radius 3 is 2.17 bits per heavy atom. The Balaban J connectivity index is 2.05. The van der Waals surface area contributed by atoms with Gasteiger partial charge in [0.1, 0.15) is 5.82 Å². The molecule has 0 radical (unpaired) electrons. The summed E-state index contributed by atoms with van der Waals surface area (Å²) in [6, 6.07) is 17.2. The lowest BCUT2D eigenvalue weighted by Gasteiger charge is -2.24. The number of hydrogen-bond acceptors (Lipinski definition) is 1. The first-order chi connectivity index (χ1) is 8.58. The molecule has 2 heteroatoms. The van der Waals surface area contributed by atoms with Crippen molar-refractivity contribution in [2.24, 2.45) is 0 Å². The molecule has 0 aliphatic heterocycles. The zero-order valence-corrected chi connectivity index (χ0v) is 11.5. The minimum Gasteiger partial charge on any atom is -0.207 e. The highest BCUT2D eigenvalue weighted by Gasteiger charge is 2.20. The van der Waals surface area contributed by atoms with Crippen molar-refractivity contribution in [1.82, 2.24) is 0 Å². The summed E-state index contributed by atoms with van der Waals surface area (Å²) in [6.45, 7) is 4.35. The zero-order chi connectivity index (χ0) is 13.0. The Morgan fingerprint density at radius 2 is 1.56 bits per heavy atom. The number of benzene rings is 2. The molecule has 0 nitrogen and oxygen atoms in total. The molecular formula is C16H17FS. The molecule has 18 heavy (non-hydrogen) atoms. The maximum atomic E-state index is 12.9. The zero-order valence-electron chi connectivity index (χ0n) is 10.7. The van der Waals surface area contributed by atoms with E-state index in [1.54, 1.807) is 0 Å². The van der Waals surface area contributed by atoms with Crippen LogP contribution in [0.2, 0.25) is 0 Å².